The molecule has 0 saturated carbocycles. The van der Waals surface area contributed by atoms with Gasteiger partial charge in [0.1, 0.15) is 0 Å². The van der Waals surface area contributed by atoms with Crippen molar-refractivity contribution in [1.29, 1.82) is 0 Å². The smallest absolute Gasteiger partial charge is 0.337 e. The Hall–Kier alpha value is -2.33. The molecule has 2 aliphatic heterocycles. The van der Waals surface area contributed by atoms with Crippen LogP contribution in [0.1, 0.15) is 46.5 Å². The normalized spacial score (nSPS) is 25.1. The fourth-order valence-corrected chi connectivity index (χ4v) is 3.89. The predicted molar refractivity (Wildman–Crippen MR) is 92.0 cm³/mol. The van der Waals surface area contributed by atoms with Crippen LogP contribution in [0.5, 0.6) is 0 Å². The first kappa shape index (κ1) is 15.2. The monoisotopic (exact) mass is 323 g/mol. The number of para-hydroxylation sites is 1. The average Bonchev–Trinajstić information content (AvgIpc) is 2.67. The van der Waals surface area contributed by atoms with Crippen molar-refractivity contribution >= 4 is 11.7 Å². The summed E-state index contributed by atoms with van der Waals surface area (Å²) in [6.07, 6.45) is 2.36. The average molecular weight is 323 g/mol. The first-order valence-electron chi connectivity index (χ1n) is 8.43. The summed E-state index contributed by atoms with van der Waals surface area (Å²) < 4.78 is 10.9. The Morgan fingerprint density at radius 2 is 1.96 bits per heavy atom. The van der Waals surface area contributed by atoms with Gasteiger partial charge in [0.15, 0.2) is 0 Å². The summed E-state index contributed by atoms with van der Waals surface area (Å²) in [6, 6.07) is 16.3. The minimum absolute atomic E-state index is 0.140. The first-order valence-corrected chi connectivity index (χ1v) is 8.43. The third-order valence-electron chi connectivity index (χ3n) is 5.07. The van der Waals surface area contributed by atoms with Crippen molar-refractivity contribution in [2.45, 2.75) is 25.0 Å². The Balaban J connectivity index is 1.68. The number of methoxy groups -OCH3 is 1. The van der Waals surface area contributed by atoms with Gasteiger partial charge in [-0.25, -0.2) is 4.79 Å². The summed E-state index contributed by atoms with van der Waals surface area (Å²) in [5.74, 6) is 0.0972. The van der Waals surface area contributed by atoms with E-state index in [9.17, 15) is 4.79 Å². The Bertz CT molecular complexity index is 741. The van der Waals surface area contributed by atoms with E-state index in [1.807, 2.05) is 30.3 Å². The standard InChI is InChI=1S/C20H21NO3/c1-23-20(22)14-10-8-13(9-11-14)18-16-6-4-12-24-19(16)15-5-2-3-7-17(15)21-18/h2-3,5,7-11,16,18-19,21H,4,6,12H2,1H3/t16-,18+,19+/m0/s1. The van der Waals surface area contributed by atoms with E-state index in [0.29, 0.717) is 11.5 Å². The number of carbonyl (C=O) groups excluding carboxylic acids is 1. The third kappa shape index (κ3) is 2.57. The Kier molecular flexibility index (Phi) is 3.98. The second-order valence-electron chi connectivity index (χ2n) is 6.42. The number of rotatable bonds is 2. The quantitative estimate of drug-likeness (QED) is 0.845. The van der Waals surface area contributed by atoms with E-state index in [-0.39, 0.29) is 18.1 Å². The highest BCUT2D eigenvalue weighted by atomic mass is 16.5. The molecule has 2 aromatic rings. The predicted octanol–water partition coefficient (Wildman–Crippen LogP) is 4.11. The van der Waals surface area contributed by atoms with Gasteiger partial charge in [-0.05, 0) is 36.6 Å². The Morgan fingerprint density at radius 1 is 1.17 bits per heavy atom. The number of fused-ring (bicyclic) bond motifs is 3. The lowest BCUT2D eigenvalue weighted by Gasteiger charge is -2.43. The zero-order chi connectivity index (χ0) is 16.5. The molecule has 2 heterocycles. The molecule has 0 aliphatic carbocycles. The maximum absolute atomic E-state index is 11.6. The molecule has 4 rings (SSSR count). The zero-order valence-electron chi connectivity index (χ0n) is 13.7. The van der Waals surface area contributed by atoms with E-state index >= 15 is 0 Å². The molecule has 4 nitrogen and oxygen atoms in total. The van der Waals surface area contributed by atoms with Crippen LogP contribution in [0.15, 0.2) is 48.5 Å². The van der Waals surface area contributed by atoms with Crippen molar-refractivity contribution < 1.29 is 14.3 Å². The number of hydrogen-bond donors (Lipinski definition) is 1. The van der Waals surface area contributed by atoms with E-state index < -0.39 is 0 Å². The molecule has 1 fully saturated rings. The first-order chi connectivity index (χ1) is 11.8. The van der Waals surface area contributed by atoms with Gasteiger partial charge >= 0.3 is 5.97 Å². The maximum atomic E-state index is 11.6. The number of anilines is 1. The highest BCUT2D eigenvalue weighted by Gasteiger charge is 2.39. The topological polar surface area (TPSA) is 47.6 Å². The summed E-state index contributed by atoms with van der Waals surface area (Å²) in [6.45, 7) is 0.823. The van der Waals surface area contributed by atoms with Gasteiger partial charge in [0.05, 0.1) is 24.8 Å². The van der Waals surface area contributed by atoms with Crippen LogP contribution in [-0.4, -0.2) is 19.7 Å². The van der Waals surface area contributed by atoms with Crippen molar-refractivity contribution in [3.05, 3.63) is 65.2 Å². The molecule has 1 saturated heterocycles. The molecular formula is C20H21NO3. The fraction of sp³-hybridized carbons (Fsp3) is 0.350. The van der Waals surface area contributed by atoms with Crippen molar-refractivity contribution in [3.63, 3.8) is 0 Å². The molecular weight excluding hydrogens is 302 g/mol. The lowest BCUT2D eigenvalue weighted by Crippen LogP contribution is -2.35. The van der Waals surface area contributed by atoms with Crippen LogP contribution in [0.2, 0.25) is 0 Å². The van der Waals surface area contributed by atoms with Crippen molar-refractivity contribution in [2.24, 2.45) is 5.92 Å². The fourth-order valence-electron chi connectivity index (χ4n) is 3.89. The van der Waals surface area contributed by atoms with E-state index in [0.717, 1.165) is 25.1 Å². The number of ether oxygens (including phenoxy) is 2. The molecule has 0 bridgehead atoms. The van der Waals surface area contributed by atoms with Crippen LogP contribution in [-0.2, 0) is 9.47 Å². The molecule has 0 aromatic heterocycles. The summed E-state index contributed by atoms with van der Waals surface area (Å²) in [5, 5.41) is 3.68. The van der Waals surface area contributed by atoms with Crippen LogP contribution >= 0.6 is 0 Å². The van der Waals surface area contributed by atoms with E-state index in [4.69, 9.17) is 9.47 Å². The third-order valence-corrected chi connectivity index (χ3v) is 5.07. The zero-order valence-corrected chi connectivity index (χ0v) is 13.7. The number of hydrogen-bond acceptors (Lipinski definition) is 4. The van der Waals surface area contributed by atoms with Crippen LogP contribution in [0, 0.1) is 5.92 Å². The lowest BCUT2D eigenvalue weighted by atomic mass is 9.77. The molecule has 0 spiro atoms. The second kappa shape index (κ2) is 6.29. The molecule has 4 heteroatoms. The largest absolute Gasteiger partial charge is 0.465 e. The summed E-state index contributed by atoms with van der Waals surface area (Å²) in [7, 11) is 1.40. The van der Waals surface area contributed by atoms with E-state index in [1.54, 1.807) is 0 Å². The van der Waals surface area contributed by atoms with Crippen molar-refractivity contribution in [2.75, 3.05) is 19.0 Å². The van der Waals surface area contributed by atoms with Gasteiger partial charge in [-0.2, -0.15) is 0 Å². The SMILES string of the molecule is COC(=O)c1ccc([C@H]2Nc3ccccc3[C@H]3OCCC[C@@H]23)cc1. The summed E-state index contributed by atoms with van der Waals surface area (Å²) in [5.41, 5.74) is 4.15. The van der Waals surface area contributed by atoms with Gasteiger partial charge < -0.3 is 14.8 Å². The number of nitrogens with one attached hydrogen (secondary N) is 1. The highest BCUT2D eigenvalue weighted by molar-refractivity contribution is 5.89. The van der Waals surface area contributed by atoms with Crippen LogP contribution in [0.3, 0.4) is 0 Å². The molecule has 0 radical (unpaired) electrons. The summed E-state index contributed by atoms with van der Waals surface area (Å²) >= 11 is 0. The van der Waals surface area contributed by atoms with Gasteiger partial charge in [-0.3, -0.25) is 0 Å². The van der Waals surface area contributed by atoms with Crippen molar-refractivity contribution in [1.82, 2.24) is 0 Å². The van der Waals surface area contributed by atoms with Crippen LogP contribution < -0.4 is 5.32 Å². The maximum Gasteiger partial charge on any atom is 0.337 e. The van der Waals surface area contributed by atoms with E-state index in [2.05, 4.69) is 23.5 Å². The molecule has 0 unspecified atom stereocenters. The lowest BCUT2D eigenvalue weighted by molar-refractivity contribution is -0.0381. The molecule has 3 atom stereocenters. The molecule has 2 aliphatic rings. The number of carbonyl (C=O) groups is 1. The molecule has 2 aromatic carbocycles. The summed E-state index contributed by atoms with van der Waals surface area (Å²) in [4.78, 5) is 11.6. The Morgan fingerprint density at radius 3 is 2.75 bits per heavy atom. The van der Waals surface area contributed by atoms with Gasteiger partial charge in [0.2, 0.25) is 0 Å². The van der Waals surface area contributed by atoms with Crippen LogP contribution in [0.4, 0.5) is 5.69 Å². The molecule has 124 valence electrons. The molecule has 0 amide bonds. The van der Waals surface area contributed by atoms with Gasteiger partial charge in [-0.15, -0.1) is 0 Å². The van der Waals surface area contributed by atoms with E-state index in [1.165, 1.54) is 18.2 Å². The molecule has 1 N–H and O–H groups in total. The molecule has 24 heavy (non-hydrogen) atoms. The second-order valence-corrected chi connectivity index (χ2v) is 6.42. The minimum atomic E-state index is -0.303. The minimum Gasteiger partial charge on any atom is -0.465 e. The number of esters is 1. The Labute approximate surface area is 141 Å². The van der Waals surface area contributed by atoms with Crippen molar-refractivity contribution in [3.8, 4) is 0 Å². The van der Waals surface area contributed by atoms with Gasteiger partial charge in [0, 0.05) is 23.8 Å². The number of benzene rings is 2. The van der Waals surface area contributed by atoms with Gasteiger partial charge in [-0.1, -0.05) is 30.3 Å². The van der Waals surface area contributed by atoms with Gasteiger partial charge in [0.25, 0.3) is 0 Å². The van der Waals surface area contributed by atoms with Crippen LogP contribution in [0.25, 0.3) is 0 Å². The highest BCUT2D eigenvalue weighted by Crippen LogP contribution is 2.48.